The first-order valence-corrected chi connectivity index (χ1v) is 9.82. The number of hydrogen-bond donors (Lipinski definition) is 5. The highest BCUT2D eigenvalue weighted by Crippen LogP contribution is 2.12. The van der Waals surface area contributed by atoms with E-state index >= 15 is 0 Å². The Balaban J connectivity index is 4.48. The summed E-state index contributed by atoms with van der Waals surface area (Å²) < 4.78 is 0. The van der Waals surface area contributed by atoms with Crippen molar-refractivity contribution in [1.82, 2.24) is 16.0 Å². The van der Waals surface area contributed by atoms with E-state index in [0.29, 0.717) is 0 Å². The lowest BCUT2D eigenvalue weighted by Crippen LogP contribution is -2.49. The van der Waals surface area contributed by atoms with Crippen molar-refractivity contribution in [3.05, 3.63) is 0 Å². The second kappa shape index (κ2) is 13.5. The molecule has 0 fully saturated rings. The van der Waals surface area contributed by atoms with E-state index in [4.69, 9.17) is 5.11 Å². The van der Waals surface area contributed by atoms with Gasteiger partial charge in [-0.3, -0.25) is 19.2 Å². The SMILES string of the molecule is CCCC[C@H](C)CC(=O)N[C@H](CCC(=O)N[C@@H](C)C(=O)N[C@H](C)C(=O)O)C(=O)O. The van der Waals surface area contributed by atoms with Crippen LogP contribution < -0.4 is 16.0 Å². The Hall–Kier alpha value is -2.65. The third-order valence-corrected chi connectivity index (χ3v) is 4.38. The van der Waals surface area contributed by atoms with Crippen LogP contribution in [0, 0.1) is 5.92 Å². The fourth-order valence-corrected chi connectivity index (χ4v) is 2.54. The van der Waals surface area contributed by atoms with Gasteiger partial charge in [0.15, 0.2) is 0 Å². The molecule has 10 nitrogen and oxygen atoms in total. The molecule has 0 saturated heterocycles. The summed E-state index contributed by atoms with van der Waals surface area (Å²) in [6.07, 6.45) is 2.77. The molecule has 0 aromatic rings. The summed E-state index contributed by atoms with van der Waals surface area (Å²) in [6.45, 7) is 6.65. The van der Waals surface area contributed by atoms with Crippen molar-refractivity contribution in [3.63, 3.8) is 0 Å². The molecule has 0 aliphatic heterocycles. The molecule has 0 radical (unpaired) electrons. The van der Waals surface area contributed by atoms with Gasteiger partial charge in [-0.1, -0.05) is 33.1 Å². The average molecular weight is 415 g/mol. The van der Waals surface area contributed by atoms with Crippen LogP contribution in [0.2, 0.25) is 0 Å². The zero-order valence-corrected chi connectivity index (χ0v) is 17.5. The molecule has 4 atom stereocenters. The molecule has 166 valence electrons. The van der Waals surface area contributed by atoms with Crippen LogP contribution in [-0.2, 0) is 24.0 Å². The van der Waals surface area contributed by atoms with Gasteiger partial charge in [0.25, 0.3) is 0 Å². The molecule has 0 heterocycles. The van der Waals surface area contributed by atoms with Crippen LogP contribution in [0.15, 0.2) is 0 Å². The highest BCUT2D eigenvalue weighted by Gasteiger charge is 2.24. The van der Waals surface area contributed by atoms with Gasteiger partial charge in [0.1, 0.15) is 18.1 Å². The number of rotatable bonds is 14. The smallest absolute Gasteiger partial charge is 0.326 e. The summed E-state index contributed by atoms with van der Waals surface area (Å²) in [5.41, 5.74) is 0. The van der Waals surface area contributed by atoms with E-state index in [2.05, 4.69) is 22.9 Å². The van der Waals surface area contributed by atoms with Crippen LogP contribution in [0.5, 0.6) is 0 Å². The van der Waals surface area contributed by atoms with Crippen molar-refractivity contribution in [3.8, 4) is 0 Å². The zero-order valence-electron chi connectivity index (χ0n) is 17.5. The topological polar surface area (TPSA) is 162 Å². The summed E-state index contributed by atoms with van der Waals surface area (Å²) >= 11 is 0. The van der Waals surface area contributed by atoms with Crippen molar-refractivity contribution >= 4 is 29.7 Å². The Morgan fingerprint density at radius 1 is 0.793 bits per heavy atom. The summed E-state index contributed by atoms with van der Waals surface area (Å²) in [5.74, 6) is -3.93. The van der Waals surface area contributed by atoms with Crippen LogP contribution in [0.3, 0.4) is 0 Å². The normalized spacial score (nSPS) is 14.8. The summed E-state index contributed by atoms with van der Waals surface area (Å²) in [5, 5.41) is 25.1. The maximum absolute atomic E-state index is 12.0. The fourth-order valence-electron chi connectivity index (χ4n) is 2.54. The maximum Gasteiger partial charge on any atom is 0.326 e. The van der Waals surface area contributed by atoms with Gasteiger partial charge < -0.3 is 26.2 Å². The minimum Gasteiger partial charge on any atom is -0.480 e. The standard InChI is InChI=1S/C19H33N3O7/c1-5-6-7-11(2)10-16(24)22-14(19(28)29)8-9-15(23)20-12(3)17(25)21-13(4)18(26)27/h11-14H,5-10H2,1-4H3,(H,20,23)(H,21,25)(H,22,24)(H,26,27)(H,28,29)/t11-,12-,13+,14+/m0/s1. The van der Waals surface area contributed by atoms with Gasteiger partial charge in [-0.25, -0.2) is 4.79 Å². The van der Waals surface area contributed by atoms with Crippen LogP contribution in [0.25, 0.3) is 0 Å². The minimum atomic E-state index is -1.24. The van der Waals surface area contributed by atoms with E-state index in [1.54, 1.807) is 0 Å². The van der Waals surface area contributed by atoms with Gasteiger partial charge >= 0.3 is 11.9 Å². The highest BCUT2D eigenvalue weighted by atomic mass is 16.4. The predicted molar refractivity (Wildman–Crippen MR) is 105 cm³/mol. The quantitative estimate of drug-likeness (QED) is 0.278. The van der Waals surface area contributed by atoms with Gasteiger partial charge in [0.2, 0.25) is 17.7 Å². The molecule has 0 unspecified atom stereocenters. The maximum atomic E-state index is 12.0. The van der Waals surface area contributed by atoms with Crippen LogP contribution in [-0.4, -0.2) is 58.0 Å². The van der Waals surface area contributed by atoms with Gasteiger partial charge in [-0.05, 0) is 26.2 Å². The molecule has 0 aliphatic carbocycles. The molecule has 5 N–H and O–H groups in total. The van der Waals surface area contributed by atoms with E-state index < -0.39 is 41.9 Å². The Morgan fingerprint density at radius 2 is 1.41 bits per heavy atom. The number of carbonyl (C=O) groups is 5. The first-order valence-electron chi connectivity index (χ1n) is 9.82. The highest BCUT2D eigenvalue weighted by molar-refractivity contribution is 5.90. The molecule has 3 amide bonds. The van der Waals surface area contributed by atoms with Gasteiger partial charge in [-0.15, -0.1) is 0 Å². The number of aliphatic carboxylic acids is 2. The third kappa shape index (κ3) is 11.7. The second-order valence-electron chi connectivity index (χ2n) is 7.31. The predicted octanol–water partition coefficient (Wildman–Crippen LogP) is 0.646. The molecule has 0 aromatic heterocycles. The van der Waals surface area contributed by atoms with Gasteiger partial charge in [0, 0.05) is 12.8 Å². The summed E-state index contributed by atoms with van der Waals surface area (Å²) in [4.78, 5) is 57.9. The molecule has 0 bridgehead atoms. The molecule has 0 rings (SSSR count). The second-order valence-corrected chi connectivity index (χ2v) is 7.31. The number of carboxylic acids is 2. The van der Waals surface area contributed by atoms with E-state index in [1.165, 1.54) is 13.8 Å². The first kappa shape index (κ1) is 26.4. The zero-order chi connectivity index (χ0) is 22.6. The summed E-state index contributed by atoms with van der Waals surface area (Å²) in [7, 11) is 0. The third-order valence-electron chi connectivity index (χ3n) is 4.38. The van der Waals surface area contributed by atoms with Gasteiger partial charge in [0.05, 0.1) is 0 Å². The Kier molecular flexibility index (Phi) is 12.3. The van der Waals surface area contributed by atoms with Crippen LogP contribution in [0.1, 0.15) is 66.2 Å². The molecule has 0 aromatic carbocycles. The number of carboxylic acid groups (broad SMARTS) is 2. The molecule has 29 heavy (non-hydrogen) atoms. The minimum absolute atomic E-state index is 0.129. The fraction of sp³-hybridized carbons (Fsp3) is 0.737. The van der Waals surface area contributed by atoms with Crippen molar-refractivity contribution < 1.29 is 34.2 Å². The van der Waals surface area contributed by atoms with E-state index in [0.717, 1.165) is 19.3 Å². The molecule has 10 heteroatoms. The lowest BCUT2D eigenvalue weighted by molar-refractivity contribution is -0.142. The average Bonchev–Trinajstić information content (AvgIpc) is 2.62. The molecule has 0 saturated carbocycles. The van der Waals surface area contributed by atoms with Gasteiger partial charge in [-0.2, -0.15) is 0 Å². The Bertz CT molecular complexity index is 594. The molecular weight excluding hydrogens is 382 g/mol. The number of nitrogens with one attached hydrogen (secondary N) is 3. The Labute approximate surface area is 170 Å². The van der Waals surface area contributed by atoms with Crippen molar-refractivity contribution in [2.75, 3.05) is 0 Å². The molecule has 0 aliphatic rings. The first-order chi connectivity index (χ1) is 13.5. The van der Waals surface area contributed by atoms with E-state index in [9.17, 15) is 29.1 Å². The van der Waals surface area contributed by atoms with Crippen molar-refractivity contribution in [1.29, 1.82) is 0 Å². The largest absolute Gasteiger partial charge is 0.480 e. The lowest BCUT2D eigenvalue weighted by Gasteiger charge is -2.18. The van der Waals surface area contributed by atoms with Crippen molar-refractivity contribution in [2.24, 2.45) is 5.92 Å². The molecular formula is C19H33N3O7. The lowest BCUT2D eigenvalue weighted by atomic mass is 10.00. The van der Waals surface area contributed by atoms with Crippen LogP contribution >= 0.6 is 0 Å². The Morgan fingerprint density at radius 3 is 1.93 bits per heavy atom. The van der Waals surface area contributed by atoms with Crippen LogP contribution in [0.4, 0.5) is 0 Å². The molecule has 0 spiro atoms. The number of amides is 3. The summed E-state index contributed by atoms with van der Waals surface area (Å²) in [6, 6.07) is -3.29. The monoisotopic (exact) mass is 415 g/mol. The van der Waals surface area contributed by atoms with E-state index in [-0.39, 0.29) is 31.1 Å². The number of hydrogen-bond acceptors (Lipinski definition) is 5. The van der Waals surface area contributed by atoms with E-state index in [1.807, 2.05) is 6.92 Å². The van der Waals surface area contributed by atoms with Crippen molar-refractivity contribution in [2.45, 2.75) is 84.3 Å². The number of unbranched alkanes of at least 4 members (excludes halogenated alkanes) is 1. The number of carbonyl (C=O) groups excluding carboxylic acids is 3.